The number of hydrogen-bond acceptors (Lipinski definition) is 6. The molecule has 0 aromatic heterocycles. The molecule has 0 saturated carbocycles. The summed E-state index contributed by atoms with van der Waals surface area (Å²) in [5, 5.41) is 11.5. The number of phenolic OH excluding ortho intramolecular Hbond substituents is 1. The third-order valence-electron chi connectivity index (χ3n) is 9.35. The van der Waals surface area contributed by atoms with E-state index in [1.54, 1.807) is 12.1 Å². The van der Waals surface area contributed by atoms with Crippen LogP contribution < -0.4 is 9.64 Å². The molecule has 0 amide bonds. The first kappa shape index (κ1) is 47.2. The molecule has 0 saturated heterocycles. The third kappa shape index (κ3) is 16.0. The zero-order valence-electron chi connectivity index (χ0n) is 36.7. The maximum atomic E-state index is 9.22. The van der Waals surface area contributed by atoms with Crippen molar-refractivity contribution in [2.45, 2.75) is 74.7 Å². The first-order valence-corrected chi connectivity index (χ1v) is 20.8. The monoisotopic (exact) mass is 795 g/mol. The number of rotatable bonds is 18. The van der Waals surface area contributed by atoms with Gasteiger partial charge in [0.25, 0.3) is 0 Å². The Hall–Kier alpha value is -6.14. The molecule has 0 fully saturated rings. The molecule has 4 aromatic carbocycles. The van der Waals surface area contributed by atoms with Crippen LogP contribution in [-0.4, -0.2) is 36.6 Å². The number of nitrogens with zero attached hydrogens (tertiary/aromatic N) is 2. The second-order valence-electron chi connectivity index (χ2n) is 13.7. The van der Waals surface area contributed by atoms with Crippen molar-refractivity contribution in [3.63, 3.8) is 0 Å². The highest BCUT2D eigenvalue weighted by atomic mass is 16.5. The average molecular weight is 795 g/mol. The summed E-state index contributed by atoms with van der Waals surface area (Å²) in [7, 11) is 0. The van der Waals surface area contributed by atoms with Gasteiger partial charge in [-0.25, -0.2) is 0 Å². The van der Waals surface area contributed by atoms with E-state index in [4.69, 9.17) is 14.2 Å². The first-order chi connectivity index (χ1) is 28.7. The molecule has 0 heterocycles. The maximum absolute atomic E-state index is 9.22. The lowest BCUT2D eigenvalue weighted by molar-refractivity contribution is 0.104. The molecule has 0 radical (unpaired) electrons. The van der Waals surface area contributed by atoms with Gasteiger partial charge in [-0.15, -0.1) is 6.58 Å². The highest BCUT2D eigenvalue weighted by molar-refractivity contribution is 5.84. The minimum absolute atomic E-state index is 0.327. The lowest BCUT2D eigenvalue weighted by atomic mass is 10.1. The summed E-state index contributed by atoms with van der Waals surface area (Å²) in [5.41, 5.74) is 6.58. The van der Waals surface area contributed by atoms with E-state index in [1.807, 2.05) is 114 Å². The van der Waals surface area contributed by atoms with Crippen LogP contribution in [0.15, 0.2) is 169 Å². The quantitative estimate of drug-likeness (QED) is 0.0469. The normalized spacial score (nSPS) is 12.9. The van der Waals surface area contributed by atoms with Gasteiger partial charge in [-0.1, -0.05) is 98.8 Å². The fourth-order valence-electron chi connectivity index (χ4n) is 6.19. The third-order valence-corrected chi connectivity index (χ3v) is 9.35. The second-order valence-corrected chi connectivity index (χ2v) is 13.7. The highest BCUT2D eigenvalue weighted by Crippen LogP contribution is 2.26. The molecule has 5 rings (SSSR count). The summed E-state index contributed by atoms with van der Waals surface area (Å²) in [6, 6.07) is 27.9. The number of ether oxygens (including phenoxy) is 3. The van der Waals surface area contributed by atoms with E-state index in [0.29, 0.717) is 25.6 Å². The van der Waals surface area contributed by atoms with Crippen molar-refractivity contribution >= 4 is 28.6 Å². The van der Waals surface area contributed by atoms with Gasteiger partial charge in [0.15, 0.2) is 13.5 Å². The highest BCUT2D eigenvalue weighted by Gasteiger charge is 2.10. The molecule has 6 nitrogen and oxygen atoms in total. The lowest BCUT2D eigenvalue weighted by Gasteiger charge is -2.25. The smallest absolute Gasteiger partial charge is 0.160 e. The number of para-hydroxylation sites is 1. The van der Waals surface area contributed by atoms with E-state index in [0.717, 1.165) is 76.7 Å². The van der Waals surface area contributed by atoms with Crippen molar-refractivity contribution in [2.24, 2.45) is 0 Å². The van der Waals surface area contributed by atoms with Crippen LogP contribution >= 0.6 is 0 Å². The van der Waals surface area contributed by atoms with E-state index < -0.39 is 0 Å². The Bertz CT molecular complexity index is 2080. The molecule has 0 atom stereocenters. The molecule has 0 aliphatic heterocycles. The topological polar surface area (TPSA) is 54.4 Å². The zero-order chi connectivity index (χ0) is 43.0. The molecule has 1 N–H and O–H groups in total. The largest absolute Gasteiger partial charge is 0.508 e. The minimum Gasteiger partial charge on any atom is -0.508 e. The number of benzene rings is 4. The fourth-order valence-corrected chi connectivity index (χ4v) is 6.19. The van der Waals surface area contributed by atoms with E-state index in [2.05, 4.69) is 91.4 Å². The number of phenols is 1. The Morgan fingerprint density at radius 1 is 0.780 bits per heavy atom. The van der Waals surface area contributed by atoms with Gasteiger partial charge < -0.3 is 29.1 Å². The molecule has 59 heavy (non-hydrogen) atoms. The predicted molar refractivity (Wildman–Crippen MR) is 253 cm³/mol. The summed E-state index contributed by atoms with van der Waals surface area (Å²) in [4.78, 5) is 4.42. The van der Waals surface area contributed by atoms with Crippen molar-refractivity contribution in [1.82, 2.24) is 4.90 Å². The molecule has 0 unspecified atom stereocenters. The van der Waals surface area contributed by atoms with Crippen LogP contribution in [-0.2, 0) is 9.47 Å². The summed E-state index contributed by atoms with van der Waals surface area (Å²) >= 11 is 0. The average Bonchev–Trinajstić information content (AvgIpc) is 3.25. The SMILES string of the molecule is C=CCC(=C\C(=C/C)Oc1ccc(C=C)c(/C=C(\C)OCN(CC)c2ccccc2)c1)/C=C(\C)OCN(CC)C1=CCCC=C1.CC.Cc1ccc2ccc(O)cc2c1. The Morgan fingerprint density at radius 2 is 1.49 bits per heavy atom. The van der Waals surface area contributed by atoms with E-state index >= 15 is 0 Å². The van der Waals surface area contributed by atoms with Crippen molar-refractivity contribution in [3.05, 3.63) is 186 Å². The number of likely N-dealkylation sites (N-methyl/N-ethyl adjacent to an activating group) is 1. The van der Waals surface area contributed by atoms with Crippen LogP contribution in [0.5, 0.6) is 11.5 Å². The fraction of sp³-hybridized carbons (Fsp3) is 0.283. The van der Waals surface area contributed by atoms with E-state index in [1.165, 1.54) is 16.6 Å². The van der Waals surface area contributed by atoms with Crippen LogP contribution in [0, 0.1) is 6.92 Å². The molecular weight excluding hydrogens is 729 g/mol. The molecule has 4 aromatic rings. The van der Waals surface area contributed by atoms with Gasteiger partial charge in [-0.05, 0) is 155 Å². The standard InChI is InChI=1S/C40H50N2O3.C11H10O.C2H6/c1-8-19-34(26-32(6)43-30-41(11-4)37-20-15-13-16-21-37)28-39(10-3)45-40-25-24-35(9-2)36(29-40)27-33(7)44-31-42(12-5)38-22-17-14-18-23-38;1-8-2-3-9-4-5-11(12)7-10(9)6-8;1-2/h8-10,14-15,17-18,20-29H,1-2,11-13,16,19,30-31H2,3-7H3;2-7,12H,1H3;1-2H3/b32-26+,33-27+,34-28+,39-10+;;. The van der Waals surface area contributed by atoms with Gasteiger partial charge >= 0.3 is 0 Å². The predicted octanol–water partition coefficient (Wildman–Crippen LogP) is 14.3. The minimum atomic E-state index is 0.327. The van der Waals surface area contributed by atoms with Gasteiger partial charge in [-0.3, -0.25) is 0 Å². The van der Waals surface area contributed by atoms with E-state index in [9.17, 15) is 5.11 Å². The van der Waals surface area contributed by atoms with Gasteiger partial charge in [0.2, 0.25) is 0 Å². The number of anilines is 1. The van der Waals surface area contributed by atoms with Crippen molar-refractivity contribution in [3.8, 4) is 11.5 Å². The number of aryl methyl sites for hydroxylation is 1. The summed E-state index contributed by atoms with van der Waals surface area (Å²) in [5.74, 6) is 3.43. The molecule has 1 aliphatic carbocycles. The van der Waals surface area contributed by atoms with Crippen molar-refractivity contribution < 1.29 is 19.3 Å². The number of allylic oxidation sites excluding steroid dienone is 10. The summed E-state index contributed by atoms with van der Waals surface area (Å²) in [6.45, 7) is 26.9. The number of fused-ring (bicyclic) bond motifs is 1. The molecule has 0 spiro atoms. The second kappa shape index (κ2) is 26.0. The van der Waals surface area contributed by atoms with Crippen LogP contribution in [0.4, 0.5) is 5.69 Å². The summed E-state index contributed by atoms with van der Waals surface area (Å²) in [6.07, 6.45) is 21.3. The first-order valence-electron chi connectivity index (χ1n) is 20.8. The molecule has 6 heteroatoms. The van der Waals surface area contributed by atoms with Gasteiger partial charge in [0.1, 0.15) is 17.3 Å². The van der Waals surface area contributed by atoms with Crippen LogP contribution in [0.25, 0.3) is 22.9 Å². The molecular formula is C53H66N2O4. The lowest BCUT2D eigenvalue weighted by Crippen LogP contribution is -2.25. The van der Waals surface area contributed by atoms with Crippen molar-refractivity contribution in [2.75, 3.05) is 31.5 Å². The number of hydrogen-bond donors (Lipinski definition) is 1. The zero-order valence-corrected chi connectivity index (χ0v) is 36.7. The maximum Gasteiger partial charge on any atom is 0.160 e. The van der Waals surface area contributed by atoms with Crippen molar-refractivity contribution in [1.29, 1.82) is 0 Å². The van der Waals surface area contributed by atoms with Crippen LogP contribution in [0.2, 0.25) is 0 Å². The molecule has 0 bridgehead atoms. The van der Waals surface area contributed by atoms with Gasteiger partial charge in [0, 0.05) is 24.5 Å². The summed E-state index contributed by atoms with van der Waals surface area (Å²) < 4.78 is 18.6. The Morgan fingerprint density at radius 3 is 2.15 bits per heavy atom. The van der Waals surface area contributed by atoms with Gasteiger partial charge in [-0.2, -0.15) is 0 Å². The van der Waals surface area contributed by atoms with Gasteiger partial charge in [0.05, 0.1) is 11.5 Å². The Labute approximate surface area is 355 Å². The van der Waals surface area contributed by atoms with Crippen LogP contribution in [0.3, 0.4) is 0 Å². The van der Waals surface area contributed by atoms with Crippen LogP contribution in [0.1, 0.15) is 84.4 Å². The van der Waals surface area contributed by atoms with E-state index in [-0.39, 0.29) is 0 Å². The Kier molecular flexibility index (Phi) is 20.8. The molecule has 1 aliphatic rings. The Balaban J connectivity index is 0.000000557. The number of aromatic hydroxyl groups is 1. The molecule has 312 valence electrons.